The minimum absolute atomic E-state index is 0.0531. The molecule has 1 N–H and O–H groups in total. The number of hydrogen-bond acceptors (Lipinski definition) is 9. The van der Waals surface area contributed by atoms with E-state index < -0.39 is 50.4 Å². The van der Waals surface area contributed by atoms with Gasteiger partial charge >= 0.3 is 11.7 Å². The van der Waals surface area contributed by atoms with Crippen LogP contribution in [0.1, 0.15) is 5.56 Å². The molecule has 0 aromatic heterocycles. The average molecular weight is 573 g/mol. The molecule has 0 radical (unpaired) electrons. The van der Waals surface area contributed by atoms with E-state index in [0.717, 1.165) is 23.1 Å². The molecule has 1 aliphatic rings. The fourth-order valence-corrected chi connectivity index (χ4v) is 4.08. The number of amides is 4. The van der Waals surface area contributed by atoms with E-state index in [-0.39, 0.29) is 27.0 Å². The summed E-state index contributed by atoms with van der Waals surface area (Å²) >= 11 is 12.4. The summed E-state index contributed by atoms with van der Waals surface area (Å²) in [5.74, 6) is -2.22. The monoisotopic (exact) mass is 572 g/mol. The van der Waals surface area contributed by atoms with Gasteiger partial charge < -0.3 is 9.47 Å². The van der Waals surface area contributed by atoms with Crippen LogP contribution in [0.5, 0.6) is 17.2 Å². The lowest BCUT2D eigenvalue weighted by molar-refractivity contribution is -0.394. The molecule has 0 saturated carbocycles. The first-order chi connectivity index (χ1) is 18.5. The standard InChI is InChI=1S/C24H14Cl2N4O9/c1-38-16-5-2-14(3-6-16)28-23(32)17(22(31)27-24(28)33)9-12-8-13(25)10-18(26)21(12)39-20-7-4-15(29(34)35)11-19(20)30(36)37/h2-11H,1H3,(H,27,31,33)/b17-9+. The van der Waals surface area contributed by atoms with Crippen LogP contribution in [0.15, 0.2) is 60.2 Å². The van der Waals surface area contributed by atoms with Crippen LogP contribution in [0.25, 0.3) is 6.08 Å². The first-order valence-corrected chi connectivity index (χ1v) is 11.4. The Hall–Kier alpha value is -5.01. The van der Waals surface area contributed by atoms with Crippen molar-refractivity contribution >= 4 is 64.2 Å². The molecule has 39 heavy (non-hydrogen) atoms. The maximum Gasteiger partial charge on any atom is 0.335 e. The smallest absolute Gasteiger partial charge is 0.335 e. The number of hydrogen-bond donors (Lipinski definition) is 1. The number of non-ortho nitro benzene ring substituents is 1. The molecule has 4 amide bonds. The van der Waals surface area contributed by atoms with Crippen LogP contribution in [0, 0.1) is 20.2 Å². The summed E-state index contributed by atoms with van der Waals surface area (Å²) < 4.78 is 10.7. The summed E-state index contributed by atoms with van der Waals surface area (Å²) in [5, 5.41) is 24.6. The molecular formula is C24H14Cl2N4O9. The molecule has 0 bridgehead atoms. The van der Waals surface area contributed by atoms with Crippen molar-refractivity contribution in [3.8, 4) is 17.2 Å². The summed E-state index contributed by atoms with van der Waals surface area (Å²) in [7, 11) is 1.44. The van der Waals surface area contributed by atoms with Gasteiger partial charge in [-0.25, -0.2) is 9.69 Å². The lowest BCUT2D eigenvalue weighted by Crippen LogP contribution is -2.54. The summed E-state index contributed by atoms with van der Waals surface area (Å²) in [6, 6.07) is 10.1. The molecule has 15 heteroatoms. The van der Waals surface area contributed by atoms with Crippen molar-refractivity contribution in [3.05, 3.63) is 96.0 Å². The predicted octanol–water partition coefficient (Wildman–Crippen LogP) is 5.28. The fourth-order valence-electron chi connectivity index (χ4n) is 3.53. The van der Waals surface area contributed by atoms with E-state index in [2.05, 4.69) is 5.32 Å². The number of nitrogens with one attached hydrogen (secondary N) is 1. The molecule has 198 valence electrons. The van der Waals surface area contributed by atoms with Crippen molar-refractivity contribution in [1.82, 2.24) is 5.32 Å². The van der Waals surface area contributed by atoms with E-state index in [0.29, 0.717) is 11.8 Å². The zero-order valence-electron chi connectivity index (χ0n) is 19.5. The van der Waals surface area contributed by atoms with Gasteiger partial charge in [-0.2, -0.15) is 0 Å². The molecule has 1 fully saturated rings. The van der Waals surface area contributed by atoms with Crippen LogP contribution in [-0.2, 0) is 9.59 Å². The molecule has 0 spiro atoms. The first-order valence-electron chi connectivity index (χ1n) is 10.7. The third-order valence-electron chi connectivity index (χ3n) is 5.33. The number of ether oxygens (including phenoxy) is 2. The number of nitrogens with zero attached hydrogens (tertiary/aromatic N) is 3. The number of urea groups is 1. The number of carbonyl (C=O) groups is 3. The summed E-state index contributed by atoms with van der Waals surface area (Å²) in [6.07, 6.45) is 1.05. The minimum Gasteiger partial charge on any atom is -0.497 e. The quantitative estimate of drug-likeness (QED) is 0.171. The van der Waals surface area contributed by atoms with Crippen molar-refractivity contribution < 1.29 is 33.7 Å². The van der Waals surface area contributed by atoms with E-state index in [1.807, 2.05) is 0 Å². The van der Waals surface area contributed by atoms with Gasteiger partial charge in [0.05, 0.1) is 33.7 Å². The summed E-state index contributed by atoms with van der Waals surface area (Å²) in [4.78, 5) is 60.0. The van der Waals surface area contributed by atoms with Gasteiger partial charge in [-0.15, -0.1) is 0 Å². The molecular weight excluding hydrogens is 559 g/mol. The fraction of sp³-hybridized carbons (Fsp3) is 0.0417. The Morgan fingerprint density at radius 3 is 2.26 bits per heavy atom. The van der Waals surface area contributed by atoms with Gasteiger partial charge in [0.2, 0.25) is 5.75 Å². The molecule has 1 saturated heterocycles. The number of halogens is 2. The van der Waals surface area contributed by atoms with Gasteiger partial charge in [0.1, 0.15) is 11.3 Å². The number of methoxy groups -OCH3 is 1. The van der Waals surface area contributed by atoms with Gasteiger partial charge in [-0.3, -0.25) is 35.1 Å². The maximum atomic E-state index is 13.3. The topological polar surface area (TPSA) is 171 Å². The number of nitro benzene ring substituents is 2. The van der Waals surface area contributed by atoms with Crippen molar-refractivity contribution in [2.24, 2.45) is 0 Å². The largest absolute Gasteiger partial charge is 0.497 e. The number of rotatable bonds is 7. The number of barbiturate groups is 1. The Balaban J connectivity index is 1.79. The number of carbonyl (C=O) groups excluding carboxylic acids is 3. The van der Waals surface area contributed by atoms with Crippen LogP contribution in [0.3, 0.4) is 0 Å². The third-order valence-corrected chi connectivity index (χ3v) is 5.83. The molecule has 4 rings (SSSR count). The molecule has 3 aromatic carbocycles. The third kappa shape index (κ3) is 5.49. The Morgan fingerprint density at radius 2 is 1.64 bits per heavy atom. The van der Waals surface area contributed by atoms with Crippen molar-refractivity contribution in [1.29, 1.82) is 0 Å². The molecule has 0 unspecified atom stereocenters. The normalized spacial score (nSPS) is 14.3. The van der Waals surface area contributed by atoms with Crippen LogP contribution in [-0.4, -0.2) is 34.8 Å². The summed E-state index contributed by atoms with van der Waals surface area (Å²) in [6.45, 7) is 0. The number of imide groups is 2. The highest BCUT2D eigenvalue weighted by Gasteiger charge is 2.37. The Kier molecular flexibility index (Phi) is 7.47. The number of anilines is 1. The Bertz CT molecular complexity index is 1590. The maximum absolute atomic E-state index is 13.3. The van der Waals surface area contributed by atoms with Crippen molar-refractivity contribution in [2.45, 2.75) is 0 Å². The lowest BCUT2D eigenvalue weighted by atomic mass is 10.1. The lowest BCUT2D eigenvalue weighted by Gasteiger charge is -2.26. The van der Waals surface area contributed by atoms with Crippen molar-refractivity contribution in [3.63, 3.8) is 0 Å². The highest BCUT2D eigenvalue weighted by Crippen LogP contribution is 2.41. The SMILES string of the molecule is COc1ccc(N2C(=O)NC(=O)/C(=C\c3cc(Cl)cc(Cl)c3Oc3ccc([N+](=O)[O-])cc3[N+](=O)[O-])C2=O)cc1. The minimum atomic E-state index is -1.03. The number of nitro groups is 2. The predicted molar refractivity (Wildman–Crippen MR) is 138 cm³/mol. The number of benzene rings is 3. The highest BCUT2D eigenvalue weighted by molar-refractivity contribution is 6.40. The van der Waals surface area contributed by atoms with Gasteiger partial charge in [-0.1, -0.05) is 23.2 Å². The average Bonchev–Trinajstić information content (AvgIpc) is 2.88. The zero-order chi connectivity index (χ0) is 28.4. The molecule has 1 heterocycles. The molecule has 0 atom stereocenters. The second-order valence-electron chi connectivity index (χ2n) is 7.73. The van der Waals surface area contributed by atoms with E-state index in [1.54, 1.807) is 0 Å². The van der Waals surface area contributed by atoms with Crippen LogP contribution < -0.4 is 19.7 Å². The van der Waals surface area contributed by atoms with Crippen LogP contribution >= 0.6 is 23.2 Å². The van der Waals surface area contributed by atoms with E-state index in [4.69, 9.17) is 32.7 Å². The Labute approximate surface area is 228 Å². The summed E-state index contributed by atoms with van der Waals surface area (Å²) in [5.41, 5.74) is -1.71. The van der Waals surface area contributed by atoms with Gasteiger partial charge in [0, 0.05) is 16.7 Å². The van der Waals surface area contributed by atoms with Gasteiger partial charge in [-0.05, 0) is 48.5 Å². The Morgan fingerprint density at radius 1 is 0.949 bits per heavy atom. The second-order valence-corrected chi connectivity index (χ2v) is 8.57. The molecule has 3 aromatic rings. The molecule has 0 aliphatic carbocycles. The highest BCUT2D eigenvalue weighted by atomic mass is 35.5. The zero-order valence-corrected chi connectivity index (χ0v) is 21.1. The molecule has 1 aliphatic heterocycles. The van der Waals surface area contributed by atoms with Crippen molar-refractivity contribution in [2.75, 3.05) is 12.0 Å². The first kappa shape index (κ1) is 27.0. The van der Waals surface area contributed by atoms with E-state index in [9.17, 15) is 34.6 Å². The van der Waals surface area contributed by atoms with Crippen LogP contribution in [0.4, 0.5) is 21.9 Å². The van der Waals surface area contributed by atoms with Gasteiger partial charge in [0.25, 0.3) is 17.5 Å². The molecule has 13 nitrogen and oxygen atoms in total. The van der Waals surface area contributed by atoms with E-state index in [1.165, 1.54) is 43.5 Å². The van der Waals surface area contributed by atoms with Crippen LogP contribution in [0.2, 0.25) is 10.0 Å². The van der Waals surface area contributed by atoms with Gasteiger partial charge in [0.15, 0.2) is 5.75 Å². The van der Waals surface area contributed by atoms with E-state index >= 15 is 0 Å². The second kappa shape index (κ2) is 10.8.